The van der Waals surface area contributed by atoms with Crippen LogP contribution in [0.1, 0.15) is 34.2 Å². The van der Waals surface area contributed by atoms with Gasteiger partial charge in [0, 0.05) is 37.9 Å². The first-order valence-electron chi connectivity index (χ1n) is 8.04. The molecule has 1 aromatic heterocycles. The van der Waals surface area contributed by atoms with Crippen LogP contribution in [0.3, 0.4) is 0 Å². The van der Waals surface area contributed by atoms with Gasteiger partial charge in [-0.1, -0.05) is 12.1 Å². The Morgan fingerprint density at radius 1 is 1.30 bits per heavy atom. The molecule has 124 valence electrons. The van der Waals surface area contributed by atoms with Gasteiger partial charge >= 0.3 is 0 Å². The molecular weight excluding hydrogens is 293 g/mol. The van der Waals surface area contributed by atoms with Crippen molar-refractivity contribution >= 4 is 0 Å². The number of ether oxygens (including phenoxy) is 1. The second-order valence-corrected chi connectivity index (χ2v) is 6.38. The minimum atomic E-state index is -0.164. The molecule has 4 nitrogen and oxygen atoms in total. The number of aromatic nitrogens is 2. The molecule has 1 fully saturated rings. The molecule has 0 saturated carbocycles. The van der Waals surface area contributed by atoms with Crippen molar-refractivity contribution in [3.8, 4) is 0 Å². The topological polar surface area (TPSA) is 30.3 Å². The summed E-state index contributed by atoms with van der Waals surface area (Å²) in [6, 6.07) is 5.25. The van der Waals surface area contributed by atoms with E-state index < -0.39 is 0 Å². The molecule has 0 N–H and O–H groups in total. The average molecular weight is 317 g/mol. The van der Waals surface area contributed by atoms with E-state index in [-0.39, 0.29) is 11.9 Å². The zero-order valence-electron chi connectivity index (χ0n) is 14.3. The second kappa shape index (κ2) is 6.42. The highest BCUT2D eigenvalue weighted by Crippen LogP contribution is 2.25. The van der Waals surface area contributed by atoms with Crippen molar-refractivity contribution in [2.24, 2.45) is 7.05 Å². The molecule has 0 radical (unpaired) electrons. The number of morpholine rings is 1. The van der Waals surface area contributed by atoms with Gasteiger partial charge < -0.3 is 4.74 Å². The Bertz CT molecular complexity index is 711. The van der Waals surface area contributed by atoms with E-state index in [1.54, 1.807) is 6.92 Å². The molecule has 1 aromatic carbocycles. The summed E-state index contributed by atoms with van der Waals surface area (Å²) in [6.45, 7) is 9.26. The summed E-state index contributed by atoms with van der Waals surface area (Å²) in [6.07, 6.45) is 0.000309. The van der Waals surface area contributed by atoms with Gasteiger partial charge in [0.15, 0.2) is 0 Å². The molecule has 0 aliphatic carbocycles. The van der Waals surface area contributed by atoms with Gasteiger partial charge in [0.1, 0.15) is 5.82 Å². The van der Waals surface area contributed by atoms with Crippen molar-refractivity contribution in [3.05, 3.63) is 52.1 Å². The number of rotatable bonds is 3. The van der Waals surface area contributed by atoms with Crippen LogP contribution in [0.2, 0.25) is 0 Å². The molecule has 1 atom stereocenters. The van der Waals surface area contributed by atoms with Crippen molar-refractivity contribution in [2.45, 2.75) is 33.4 Å². The first-order valence-corrected chi connectivity index (χ1v) is 8.04. The Labute approximate surface area is 136 Å². The number of halogens is 1. The van der Waals surface area contributed by atoms with Crippen molar-refractivity contribution in [3.63, 3.8) is 0 Å². The van der Waals surface area contributed by atoms with Crippen LogP contribution < -0.4 is 0 Å². The predicted molar refractivity (Wildman–Crippen MR) is 87.8 cm³/mol. The van der Waals surface area contributed by atoms with Crippen molar-refractivity contribution < 1.29 is 9.13 Å². The third-order valence-corrected chi connectivity index (χ3v) is 4.74. The summed E-state index contributed by atoms with van der Waals surface area (Å²) in [5.41, 5.74) is 5.31. The Kier molecular flexibility index (Phi) is 4.50. The average Bonchev–Trinajstić information content (AvgIpc) is 2.77. The van der Waals surface area contributed by atoms with Gasteiger partial charge in [-0.15, -0.1) is 0 Å². The molecular formula is C18H24FN3O. The van der Waals surface area contributed by atoms with E-state index in [0.29, 0.717) is 12.2 Å². The first-order chi connectivity index (χ1) is 11.0. The molecule has 0 spiro atoms. The van der Waals surface area contributed by atoms with Gasteiger partial charge in [-0.2, -0.15) is 5.10 Å². The molecule has 0 bridgehead atoms. The maximum Gasteiger partial charge on any atom is 0.126 e. The summed E-state index contributed by atoms with van der Waals surface area (Å²) in [7, 11) is 1.98. The smallest absolute Gasteiger partial charge is 0.126 e. The predicted octanol–water partition coefficient (Wildman–Crippen LogP) is 3.06. The quantitative estimate of drug-likeness (QED) is 0.871. The molecule has 23 heavy (non-hydrogen) atoms. The van der Waals surface area contributed by atoms with Crippen LogP contribution in [0.4, 0.5) is 4.39 Å². The lowest BCUT2D eigenvalue weighted by Gasteiger charge is -2.33. The highest BCUT2D eigenvalue weighted by atomic mass is 19.1. The van der Waals surface area contributed by atoms with Crippen molar-refractivity contribution in [2.75, 3.05) is 19.7 Å². The highest BCUT2D eigenvalue weighted by molar-refractivity contribution is 5.27. The van der Waals surface area contributed by atoms with E-state index in [1.165, 1.54) is 17.3 Å². The fourth-order valence-electron chi connectivity index (χ4n) is 3.19. The summed E-state index contributed by atoms with van der Waals surface area (Å²) in [5.74, 6) is -0.164. The summed E-state index contributed by atoms with van der Waals surface area (Å²) in [4.78, 5) is 2.39. The van der Waals surface area contributed by atoms with Crippen LogP contribution in [0.25, 0.3) is 0 Å². The monoisotopic (exact) mass is 317 g/mol. The second-order valence-electron chi connectivity index (χ2n) is 6.38. The fraction of sp³-hybridized carbons (Fsp3) is 0.500. The lowest BCUT2D eigenvalue weighted by Crippen LogP contribution is -2.38. The van der Waals surface area contributed by atoms with E-state index in [2.05, 4.69) is 23.8 Å². The summed E-state index contributed by atoms with van der Waals surface area (Å²) >= 11 is 0. The third-order valence-electron chi connectivity index (χ3n) is 4.74. The Hall–Kier alpha value is -1.72. The van der Waals surface area contributed by atoms with Crippen LogP contribution in [-0.2, 0) is 18.3 Å². The van der Waals surface area contributed by atoms with Gasteiger partial charge in [-0.05, 0) is 38.0 Å². The molecule has 0 unspecified atom stereocenters. The lowest BCUT2D eigenvalue weighted by atomic mass is 10.0. The maximum absolute atomic E-state index is 13.5. The van der Waals surface area contributed by atoms with E-state index >= 15 is 0 Å². The van der Waals surface area contributed by atoms with Gasteiger partial charge in [-0.3, -0.25) is 9.58 Å². The Morgan fingerprint density at radius 2 is 2.09 bits per heavy atom. The van der Waals surface area contributed by atoms with E-state index in [0.717, 1.165) is 30.9 Å². The molecule has 2 aromatic rings. The van der Waals surface area contributed by atoms with Crippen LogP contribution in [0.5, 0.6) is 0 Å². The highest BCUT2D eigenvalue weighted by Gasteiger charge is 2.24. The zero-order chi connectivity index (χ0) is 16.6. The van der Waals surface area contributed by atoms with Crippen LogP contribution in [0.15, 0.2) is 18.2 Å². The number of hydrogen-bond acceptors (Lipinski definition) is 3. The Morgan fingerprint density at radius 3 is 2.74 bits per heavy atom. The van der Waals surface area contributed by atoms with Gasteiger partial charge in [0.25, 0.3) is 0 Å². The van der Waals surface area contributed by atoms with Crippen LogP contribution in [-0.4, -0.2) is 34.4 Å². The van der Waals surface area contributed by atoms with Gasteiger partial charge in [0.2, 0.25) is 0 Å². The molecule has 2 heterocycles. The number of benzene rings is 1. The zero-order valence-corrected chi connectivity index (χ0v) is 14.3. The molecule has 5 heteroatoms. The lowest BCUT2D eigenvalue weighted by molar-refractivity contribution is -0.0330. The third kappa shape index (κ3) is 3.31. The molecule has 1 aliphatic rings. The molecule has 1 saturated heterocycles. The molecule has 0 amide bonds. The van der Waals surface area contributed by atoms with Gasteiger partial charge in [-0.25, -0.2) is 4.39 Å². The number of hydrogen-bond donors (Lipinski definition) is 0. The maximum atomic E-state index is 13.5. The first kappa shape index (κ1) is 16.1. The fourth-order valence-corrected chi connectivity index (χ4v) is 3.19. The summed E-state index contributed by atoms with van der Waals surface area (Å²) < 4.78 is 21.3. The minimum absolute atomic E-state index is 0.000309. The molecule has 1 aliphatic heterocycles. The number of aryl methyl sites for hydroxylation is 3. The van der Waals surface area contributed by atoms with Crippen LogP contribution >= 0.6 is 0 Å². The molecule has 3 rings (SSSR count). The normalized spacial score (nSPS) is 19.3. The van der Waals surface area contributed by atoms with Crippen LogP contribution in [0, 0.1) is 26.6 Å². The van der Waals surface area contributed by atoms with Crippen molar-refractivity contribution in [1.29, 1.82) is 0 Å². The SMILES string of the molecule is Cc1cc([C@@H]2CN(Cc3c(C)nn(C)c3C)CCO2)ccc1F. The standard InChI is InChI=1S/C18H24FN3O/c1-12-9-15(5-6-17(12)19)18-11-22(7-8-23-18)10-16-13(2)20-21(4)14(16)3/h5-6,9,18H,7-8,10-11H2,1-4H3/t18-/m0/s1. The summed E-state index contributed by atoms with van der Waals surface area (Å²) in [5, 5.41) is 4.49. The number of nitrogens with zero attached hydrogens (tertiary/aromatic N) is 3. The largest absolute Gasteiger partial charge is 0.371 e. The van der Waals surface area contributed by atoms with E-state index in [9.17, 15) is 4.39 Å². The van der Waals surface area contributed by atoms with E-state index in [1.807, 2.05) is 23.9 Å². The van der Waals surface area contributed by atoms with Crippen molar-refractivity contribution in [1.82, 2.24) is 14.7 Å². The minimum Gasteiger partial charge on any atom is -0.371 e. The Balaban J connectivity index is 1.74. The van der Waals surface area contributed by atoms with Gasteiger partial charge in [0.05, 0.1) is 18.4 Å². The van der Waals surface area contributed by atoms with E-state index in [4.69, 9.17) is 4.74 Å².